The van der Waals surface area contributed by atoms with Crippen LogP contribution < -0.4 is 0 Å². The standard InChI is InChI=1S/C44H76O8/c1-31(51-41-19-11-35(12-20-41)23-33-7-15-39(16-8-33)47-27-43-29-49-43)45-25-37-3-5-38(6-4-37)26-46-32(2)52-42-21-13-36(14-22-42)24-34-9-17-40(18-10-34)48-28-44-30-50-44/h31-44H,3-30H2,1-2H3. The van der Waals surface area contributed by atoms with Crippen LogP contribution in [0.15, 0.2) is 0 Å². The van der Waals surface area contributed by atoms with Crippen LogP contribution in [0.2, 0.25) is 0 Å². The van der Waals surface area contributed by atoms with Crippen LogP contribution in [0.1, 0.15) is 155 Å². The SMILES string of the molecule is CC(OCC1CCC(COC(C)OC2CCC(CC3CCC(OCC4CO4)CC3)CC2)CC1)OC1CCC(CC2CCC(OCC3CO3)CC2)CC1. The van der Waals surface area contributed by atoms with E-state index in [9.17, 15) is 0 Å². The van der Waals surface area contributed by atoms with Gasteiger partial charge in [-0.15, -0.1) is 0 Å². The minimum Gasteiger partial charge on any atom is -0.375 e. The van der Waals surface area contributed by atoms with Crippen LogP contribution in [0.4, 0.5) is 0 Å². The third-order valence-corrected chi connectivity index (χ3v) is 14.2. The van der Waals surface area contributed by atoms with Gasteiger partial charge in [0.15, 0.2) is 12.6 Å². The summed E-state index contributed by atoms with van der Waals surface area (Å²) in [4.78, 5) is 0. The Hall–Kier alpha value is -0.320. The summed E-state index contributed by atoms with van der Waals surface area (Å²) in [5, 5.41) is 0. The Balaban J connectivity index is 0.664. The van der Waals surface area contributed by atoms with Gasteiger partial charge in [-0.1, -0.05) is 0 Å². The van der Waals surface area contributed by atoms with E-state index in [1.165, 1.54) is 141 Å². The van der Waals surface area contributed by atoms with Gasteiger partial charge in [-0.25, -0.2) is 0 Å². The van der Waals surface area contributed by atoms with Gasteiger partial charge in [0, 0.05) is 0 Å². The summed E-state index contributed by atoms with van der Waals surface area (Å²) in [6.45, 7) is 9.32. The van der Waals surface area contributed by atoms with Gasteiger partial charge >= 0.3 is 0 Å². The summed E-state index contributed by atoms with van der Waals surface area (Å²) >= 11 is 0. The minimum absolute atomic E-state index is 0.0976. The number of rotatable bonds is 20. The Labute approximate surface area is 316 Å². The molecule has 0 N–H and O–H groups in total. The molecule has 52 heavy (non-hydrogen) atoms. The number of epoxide rings is 2. The summed E-state index contributed by atoms with van der Waals surface area (Å²) in [7, 11) is 0. The van der Waals surface area contributed by atoms with E-state index < -0.39 is 0 Å². The van der Waals surface area contributed by atoms with Crippen molar-refractivity contribution >= 4 is 0 Å². The Morgan fingerprint density at radius 1 is 0.385 bits per heavy atom. The fourth-order valence-corrected chi connectivity index (χ4v) is 10.6. The Kier molecular flexibility index (Phi) is 15.9. The second-order valence-corrected chi connectivity index (χ2v) is 18.6. The summed E-state index contributed by atoms with van der Waals surface area (Å²) in [5.41, 5.74) is 0. The topological polar surface area (TPSA) is 80.4 Å². The second-order valence-electron chi connectivity index (χ2n) is 18.6. The largest absolute Gasteiger partial charge is 0.375 e. The van der Waals surface area contributed by atoms with Gasteiger partial charge in [-0.05, 0) is 191 Å². The highest BCUT2D eigenvalue weighted by Gasteiger charge is 2.32. The fourth-order valence-electron chi connectivity index (χ4n) is 10.6. The van der Waals surface area contributed by atoms with Crippen LogP contribution >= 0.6 is 0 Å². The van der Waals surface area contributed by atoms with Gasteiger partial charge in [0.2, 0.25) is 0 Å². The van der Waals surface area contributed by atoms with Crippen LogP contribution in [0.3, 0.4) is 0 Å². The second kappa shape index (κ2) is 20.7. The van der Waals surface area contributed by atoms with Crippen LogP contribution in [-0.2, 0) is 37.9 Å². The Morgan fingerprint density at radius 3 is 0.981 bits per heavy atom. The monoisotopic (exact) mass is 733 g/mol. The van der Waals surface area contributed by atoms with Crippen molar-refractivity contribution < 1.29 is 37.9 Å². The lowest BCUT2D eigenvalue weighted by Crippen LogP contribution is -2.31. The first-order chi connectivity index (χ1) is 25.5. The molecule has 0 spiro atoms. The van der Waals surface area contributed by atoms with Gasteiger partial charge in [-0.2, -0.15) is 0 Å². The third-order valence-electron chi connectivity index (χ3n) is 14.2. The molecule has 0 aromatic rings. The molecule has 8 heteroatoms. The maximum atomic E-state index is 6.40. The fraction of sp³-hybridized carbons (Fsp3) is 1.00. The highest BCUT2D eigenvalue weighted by atomic mass is 16.7. The molecule has 4 unspecified atom stereocenters. The van der Waals surface area contributed by atoms with E-state index in [0.29, 0.717) is 48.5 Å². The molecule has 5 saturated carbocycles. The molecule has 0 bridgehead atoms. The van der Waals surface area contributed by atoms with Crippen molar-refractivity contribution in [2.45, 2.75) is 204 Å². The first-order valence-electron chi connectivity index (χ1n) is 22.5. The highest BCUT2D eigenvalue weighted by Crippen LogP contribution is 2.39. The van der Waals surface area contributed by atoms with Gasteiger partial charge < -0.3 is 37.9 Å². The summed E-state index contributed by atoms with van der Waals surface area (Å²) in [6.07, 6.45) is 30.4. The quantitative estimate of drug-likeness (QED) is 0.0905. The normalized spacial score (nSPS) is 41.0. The summed E-state index contributed by atoms with van der Waals surface area (Å²) in [5.74, 6) is 4.85. The highest BCUT2D eigenvalue weighted by molar-refractivity contribution is 4.82. The molecule has 7 rings (SSSR count). The van der Waals surface area contributed by atoms with E-state index in [2.05, 4.69) is 13.8 Å². The molecule has 0 amide bonds. The van der Waals surface area contributed by atoms with E-state index in [1.807, 2.05) is 0 Å². The van der Waals surface area contributed by atoms with Crippen molar-refractivity contribution in [3.8, 4) is 0 Å². The van der Waals surface area contributed by atoms with Crippen molar-refractivity contribution in [1.29, 1.82) is 0 Å². The molecule has 5 aliphatic carbocycles. The molecule has 8 nitrogen and oxygen atoms in total. The van der Waals surface area contributed by atoms with E-state index in [4.69, 9.17) is 37.9 Å². The van der Waals surface area contributed by atoms with Crippen LogP contribution in [0.25, 0.3) is 0 Å². The van der Waals surface area contributed by atoms with E-state index in [1.54, 1.807) is 0 Å². The van der Waals surface area contributed by atoms with Crippen LogP contribution in [0.5, 0.6) is 0 Å². The van der Waals surface area contributed by atoms with Crippen molar-refractivity contribution in [2.24, 2.45) is 35.5 Å². The van der Waals surface area contributed by atoms with Crippen molar-refractivity contribution in [2.75, 3.05) is 39.6 Å². The summed E-state index contributed by atoms with van der Waals surface area (Å²) in [6, 6.07) is 0. The van der Waals surface area contributed by atoms with E-state index >= 15 is 0 Å². The van der Waals surface area contributed by atoms with E-state index in [-0.39, 0.29) is 12.6 Å². The molecule has 2 saturated heterocycles. The number of hydrogen-bond acceptors (Lipinski definition) is 8. The number of ether oxygens (including phenoxy) is 8. The van der Waals surface area contributed by atoms with Crippen molar-refractivity contribution in [3.05, 3.63) is 0 Å². The molecular weight excluding hydrogens is 656 g/mol. The molecule has 2 aliphatic heterocycles. The molecule has 0 radical (unpaired) electrons. The molecular formula is C44H76O8. The van der Waals surface area contributed by atoms with Gasteiger partial charge in [0.25, 0.3) is 0 Å². The first-order valence-corrected chi connectivity index (χ1v) is 22.5. The zero-order valence-corrected chi connectivity index (χ0v) is 33.1. The predicted octanol–water partition coefficient (Wildman–Crippen LogP) is 9.40. The van der Waals surface area contributed by atoms with Crippen LogP contribution in [-0.4, -0.2) is 88.8 Å². The third kappa shape index (κ3) is 14.0. The Morgan fingerprint density at radius 2 is 0.673 bits per heavy atom. The molecule has 7 fully saturated rings. The average Bonchev–Trinajstić information content (AvgIpc) is 4.11. The first kappa shape index (κ1) is 39.9. The van der Waals surface area contributed by atoms with Crippen LogP contribution in [0, 0.1) is 35.5 Å². The summed E-state index contributed by atoms with van der Waals surface area (Å²) < 4.78 is 48.1. The van der Waals surface area contributed by atoms with E-state index in [0.717, 1.165) is 63.3 Å². The van der Waals surface area contributed by atoms with Gasteiger partial charge in [0.1, 0.15) is 12.2 Å². The lowest BCUT2D eigenvalue weighted by atomic mass is 9.76. The maximum Gasteiger partial charge on any atom is 0.155 e. The predicted molar refractivity (Wildman–Crippen MR) is 202 cm³/mol. The zero-order valence-electron chi connectivity index (χ0n) is 33.1. The van der Waals surface area contributed by atoms with Gasteiger partial charge in [-0.3, -0.25) is 0 Å². The molecule has 300 valence electrons. The molecule has 0 aromatic carbocycles. The zero-order chi connectivity index (χ0) is 35.5. The maximum absolute atomic E-state index is 6.40. The Bertz CT molecular complexity index is 887. The average molecular weight is 733 g/mol. The molecule has 0 aromatic heterocycles. The van der Waals surface area contributed by atoms with Crippen molar-refractivity contribution in [1.82, 2.24) is 0 Å². The molecule has 4 atom stereocenters. The molecule has 2 heterocycles. The number of hydrogen-bond donors (Lipinski definition) is 0. The van der Waals surface area contributed by atoms with Gasteiger partial charge in [0.05, 0.1) is 64.1 Å². The lowest BCUT2D eigenvalue weighted by Gasteiger charge is -2.35. The molecule has 7 aliphatic rings. The smallest absolute Gasteiger partial charge is 0.155 e. The minimum atomic E-state index is -0.0976. The lowest BCUT2D eigenvalue weighted by molar-refractivity contribution is -0.181. The van der Waals surface area contributed by atoms with Crippen molar-refractivity contribution in [3.63, 3.8) is 0 Å².